The Bertz CT molecular complexity index is 380. The summed E-state index contributed by atoms with van der Waals surface area (Å²) in [5.41, 5.74) is -0.712. The molecule has 1 saturated carbocycles. The zero-order valence-electron chi connectivity index (χ0n) is 11.2. The van der Waals surface area contributed by atoms with Gasteiger partial charge in [-0.25, -0.2) is 9.59 Å². The highest BCUT2D eigenvalue weighted by Crippen LogP contribution is 2.36. The van der Waals surface area contributed by atoms with Crippen LogP contribution in [0.4, 0.5) is 4.79 Å². The number of ether oxygens (including phenoxy) is 1. The van der Waals surface area contributed by atoms with E-state index in [0.717, 1.165) is 0 Å². The Morgan fingerprint density at radius 2 is 1.74 bits per heavy atom. The van der Waals surface area contributed by atoms with Gasteiger partial charge in [-0.05, 0) is 39.5 Å². The molecule has 0 aromatic rings. The molecule has 1 rings (SSSR count). The molecule has 1 amide bonds. The van der Waals surface area contributed by atoms with Crippen molar-refractivity contribution in [1.82, 2.24) is 5.32 Å². The van der Waals surface area contributed by atoms with Crippen LogP contribution < -0.4 is 5.32 Å². The molecule has 19 heavy (non-hydrogen) atoms. The van der Waals surface area contributed by atoms with Crippen LogP contribution in [0.3, 0.4) is 0 Å². The van der Waals surface area contributed by atoms with Crippen LogP contribution in [0.2, 0.25) is 0 Å². The molecule has 1 aliphatic carbocycles. The van der Waals surface area contributed by atoms with Crippen LogP contribution >= 0.6 is 0 Å². The number of hydrogen-bond acceptors (Lipinski definition) is 4. The molecule has 1 fully saturated rings. The molecule has 0 saturated heterocycles. The molecule has 1 unspecified atom stereocenters. The van der Waals surface area contributed by atoms with Crippen LogP contribution in [0.5, 0.6) is 0 Å². The summed E-state index contributed by atoms with van der Waals surface area (Å²) in [6.45, 7) is 5.02. The van der Waals surface area contributed by atoms with Crippen molar-refractivity contribution < 1.29 is 29.3 Å². The summed E-state index contributed by atoms with van der Waals surface area (Å²) >= 11 is 0. The molecule has 7 nitrogen and oxygen atoms in total. The van der Waals surface area contributed by atoms with E-state index in [2.05, 4.69) is 5.32 Å². The molecular weight excluding hydrogens is 254 g/mol. The largest absolute Gasteiger partial charge is 0.481 e. The first-order valence-electron chi connectivity index (χ1n) is 6.05. The number of rotatable bonds is 4. The molecule has 3 N–H and O–H groups in total. The van der Waals surface area contributed by atoms with Gasteiger partial charge in [0.1, 0.15) is 11.6 Å². The molecule has 0 aromatic carbocycles. The van der Waals surface area contributed by atoms with E-state index in [0.29, 0.717) is 0 Å². The molecule has 0 bridgehead atoms. The van der Waals surface area contributed by atoms with Crippen LogP contribution in [0.25, 0.3) is 0 Å². The van der Waals surface area contributed by atoms with Crippen molar-refractivity contribution in [1.29, 1.82) is 0 Å². The highest BCUT2D eigenvalue weighted by atomic mass is 16.6. The molecule has 1 aliphatic rings. The number of carbonyl (C=O) groups is 3. The van der Waals surface area contributed by atoms with E-state index >= 15 is 0 Å². The number of hydrogen-bond donors (Lipinski definition) is 3. The lowest BCUT2D eigenvalue weighted by molar-refractivity contribution is -0.151. The summed E-state index contributed by atoms with van der Waals surface area (Å²) < 4.78 is 4.98. The highest BCUT2D eigenvalue weighted by molar-refractivity contribution is 5.81. The minimum atomic E-state index is -1.18. The summed E-state index contributed by atoms with van der Waals surface area (Å²) in [5, 5.41) is 20.1. The predicted octanol–water partition coefficient (Wildman–Crippen LogP) is 1.08. The van der Waals surface area contributed by atoms with Gasteiger partial charge in [-0.1, -0.05) is 0 Å². The zero-order valence-corrected chi connectivity index (χ0v) is 11.2. The Labute approximate surface area is 110 Å². The van der Waals surface area contributed by atoms with Crippen molar-refractivity contribution in [3.63, 3.8) is 0 Å². The quantitative estimate of drug-likeness (QED) is 0.706. The third-order valence-corrected chi connectivity index (χ3v) is 2.93. The molecule has 0 aliphatic heterocycles. The first-order chi connectivity index (χ1) is 8.60. The maximum absolute atomic E-state index is 11.5. The predicted molar refractivity (Wildman–Crippen MR) is 64.6 cm³/mol. The van der Waals surface area contributed by atoms with Gasteiger partial charge in [0.2, 0.25) is 0 Å². The molecule has 1 atom stereocenters. The number of alkyl carbamates (subject to hydrolysis) is 1. The first kappa shape index (κ1) is 15.3. The third kappa shape index (κ3) is 4.42. The van der Waals surface area contributed by atoms with Crippen molar-refractivity contribution in [3.05, 3.63) is 0 Å². The van der Waals surface area contributed by atoms with E-state index in [1.807, 2.05) is 0 Å². The van der Waals surface area contributed by atoms with Gasteiger partial charge in [-0.3, -0.25) is 4.79 Å². The zero-order chi connectivity index (χ0) is 14.8. The Morgan fingerprint density at radius 1 is 1.21 bits per heavy atom. The summed E-state index contributed by atoms with van der Waals surface area (Å²) in [5.74, 6) is -3.00. The van der Waals surface area contributed by atoms with E-state index < -0.39 is 35.6 Å². The van der Waals surface area contributed by atoms with Crippen molar-refractivity contribution in [2.75, 3.05) is 0 Å². The second kappa shape index (κ2) is 5.46. The molecule has 0 spiro atoms. The van der Waals surface area contributed by atoms with Gasteiger partial charge < -0.3 is 20.3 Å². The minimum absolute atomic E-state index is 0.252. The van der Waals surface area contributed by atoms with Gasteiger partial charge in [0.25, 0.3) is 0 Å². The number of carbonyl (C=O) groups excluding carboxylic acids is 1. The fraction of sp³-hybridized carbons (Fsp3) is 0.750. The van der Waals surface area contributed by atoms with Crippen molar-refractivity contribution in [3.8, 4) is 0 Å². The van der Waals surface area contributed by atoms with E-state index in [-0.39, 0.29) is 18.8 Å². The summed E-state index contributed by atoms with van der Waals surface area (Å²) in [7, 11) is 0. The lowest BCUT2D eigenvalue weighted by Gasteiger charge is -2.36. The van der Waals surface area contributed by atoms with Gasteiger partial charge in [0, 0.05) is 0 Å². The number of nitrogens with one attached hydrogen (secondary N) is 1. The summed E-state index contributed by atoms with van der Waals surface area (Å²) in [4.78, 5) is 33.3. The summed E-state index contributed by atoms with van der Waals surface area (Å²) in [6, 6.07) is -1.11. The smallest absolute Gasteiger partial charge is 0.408 e. The average Bonchev–Trinajstić information content (AvgIpc) is 2.09. The maximum atomic E-state index is 11.5. The molecule has 0 heterocycles. The van der Waals surface area contributed by atoms with Crippen molar-refractivity contribution in [2.24, 2.45) is 11.8 Å². The van der Waals surface area contributed by atoms with Gasteiger partial charge in [0.05, 0.1) is 5.92 Å². The third-order valence-electron chi connectivity index (χ3n) is 2.93. The molecule has 7 heteroatoms. The second-order valence-corrected chi connectivity index (χ2v) is 5.73. The minimum Gasteiger partial charge on any atom is -0.481 e. The molecule has 0 radical (unpaired) electrons. The fourth-order valence-electron chi connectivity index (χ4n) is 1.95. The average molecular weight is 273 g/mol. The van der Waals surface area contributed by atoms with Gasteiger partial charge in [0.15, 0.2) is 0 Å². The van der Waals surface area contributed by atoms with Gasteiger partial charge >= 0.3 is 18.0 Å². The molecular formula is C12H19NO6. The van der Waals surface area contributed by atoms with E-state index in [4.69, 9.17) is 14.9 Å². The lowest BCUT2D eigenvalue weighted by atomic mass is 9.71. The second-order valence-electron chi connectivity index (χ2n) is 5.73. The monoisotopic (exact) mass is 273 g/mol. The normalized spacial score (nSPS) is 23.9. The van der Waals surface area contributed by atoms with E-state index in [1.165, 1.54) is 0 Å². The van der Waals surface area contributed by atoms with E-state index in [9.17, 15) is 14.4 Å². The molecule has 0 aromatic heterocycles. The standard InChI is InChI=1S/C12H19NO6/c1-12(2,3)19-11(18)13-8(10(16)17)6-4-7(5-6)9(14)15/h6-8H,4-5H2,1-3H3,(H,13,18)(H,14,15)(H,16,17). The lowest BCUT2D eigenvalue weighted by Crippen LogP contribution is -2.52. The van der Waals surface area contributed by atoms with Gasteiger partial charge in [-0.2, -0.15) is 0 Å². The topological polar surface area (TPSA) is 113 Å². The number of carboxylic acid groups (broad SMARTS) is 2. The Kier molecular flexibility index (Phi) is 4.39. The number of aliphatic carboxylic acids is 2. The number of amides is 1. The highest BCUT2D eigenvalue weighted by Gasteiger charge is 2.43. The SMILES string of the molecule is CC(C)(C)OC(=O)NC(C(=O)O)C1CC(C(=O)O)C1. The maximum Gasteiger partial charge on any atom is 0.408 e. The van der Waals surface area contributed by atoms with Crippen LogP contribution in [-0.4, -0.2) is 39.9 Å². The van der Waals surface area contributed by atoms with Crippen LogP contribution in [-0.2, 0) is 14.3 Å². The van der Waals surface area contributed by atoms with Crippen LogP contribution in [0.15, 0.2) is 0 Å². The molecule has 108 valence electrons. The van der Waals surface area contributed by atoms with Gasteiger partial charge in [-0.15, -0.1) is 0 Å². The Morgan fingerprint density at radius 3 is 2.11 bits per heavy atom. The van der Waals surface area contributed by atoms with Crippen molar-refractivity contribution in [2.45, 2.75) is 45.3 Å². The first-order valence-corrected chi connectivity index (χ1v) is 6.05. The summed E-state index contributed by atoms with van der Waals surface area (Å²) in [6.07, 6.45) is -0.303. The van der Waals surface area contributed by atoms with Crippen LogP contribution in [0.1, 0.15) is 33.6 Å². The number of carboxylic acids is 2. The van der Waals surface area contributed by atoms with Crippen molar-refractivity contribution >= 4 is 18.0 Å². The van der Waals surface area contributed by atoms with Crippen LogP contribution in [0, 0.1) is 11.8 Å². The fourth-order valence-corrected chi connectivity index (χ4v) is 1.95. The Hall–Kier alpha value is -1.79. The van der Waals surface area contributed by atoms with E-state index in [1.54, 1.807) is 20.8 Å². The Balaban J connectivity index is 2.54.